The van der Waals surface area contributed by atoms with Crippen molar-refractivity contribution in [3.63, 3.8) is 0 Å². The second kappa shape index (κ2) is 4.75. The van der Waals surface area contributed by atoms with E-state index in [-0.39, 0.29) is 4.90 Å². The topological polar surface area (TPSA) is 119 Å². The lowest BCUT2D eigenvalue weighted by atomic mass is 10.3. The highest BCUT2D eigenvalue weighted by molar-refractivity contribution is 7.95. The van der Waals surface area contributed by atoms with Crippen LogP contribution in [0.15, 0.2) is 29.2 Å². The van der Waals surface area contributed by atoms with E-state index in [0.29, 0.717) is 5.69 Å². The maximum Gasteiger partial charge on any atom is 0.287 e. The summed E-state index contributed by atoms with van der Waals surface area (Å²) in [6.07, 6.45) is 0. The van der Waals surface area contributed by atoms with Crippen LogP contribution in [0, 0.1) is 0 Å². The molecule has 0 fully saturated rings. The van der Waals surface area contributed by atoms with Crippen molar-refractivity contribution in [1.82, 2.24) is 4.49 Å². The van der Waals surface area contributed by atoms with Gasteiger partial charge in [0.25, 0.3) is 7.59 Å². The van der Waals surface area contributed by atoms with Crippen LogP contribution in [0.25, 0.3) is 0 Å². The van der Waals surface area contributed by atoms with Crippen molar-refractivity contribution >= 4 is 23.3 Å². The van der Waals surface area contributed by atoms with Gasteiger partial charge in [-0.25, -0.2) is 8.42 Å². The summed E-state index contributed by atoms with van der Waals surface area (Å²) in [5, 5.41) is 0. The Morgan fingerprint density at radius 2 is 1.88 bits per heavy atom. The summed E-state index contributed by atoms with van der Waals surface area (Å²) in [7, 11) is -4.26. The number of rotatable bonds is 4. The summed E-state index contributed by atoms with van der Waals surface area (Å²) in [5.41, 5.74) is 10.7. The highest BCUT2D eigenvalue weighted by atomic mass is 32.2. The summed E-state index contributed by atoms with van der Waals surface area (Å²) in [5.74, 6) is 0. The quantitative estimate of drug-likeness (QED) is 0.670. The molecule has 0 heterocycles. The minimum atomic E-state index is -3.96. The van der Waals surface area contributed by atoms with Gasteiger partial charge in [-0.05, 0) is 18.2 Å². The molecule has 17 heavy (non-hydrogen) atoms. The molecule has 0 unspecified atom stereocenters. The average molecular weight is 278 g/mol. The molecule has 0 aliphatic rings. The van der Waals surface area contributed by atoms with Crippen LogP contribution in [0.2, 0.25) is 0 Å². The van der Waals surface area contributed by atoms with Crippen molar-refractivity contribution in [2.75, 3.05) is 19.0 Å². The van der Waals surface area contributed by atoms with Crippen LogP contribution in [0.4, 0.5) is 5.69 Å². The first-order valence-corrected chi connectivity index (χ1v) is 7.93. The second-order valence-electron chi connectivity index (χ2n) is 3.70. The maximum atomic E-state index is 11.8. The van der Waals surface area contributed by atoms with Gasteiger partial charge in [0, 0.05) is 19.8 Å². The fourth-order valence-corrected chi connectivity index (χ4v) is 3.63. The molecule has 96 valence electrons. The van der Waals surface area contributed by atoms with Gasteiger partial charge < -0.3 is 4.90 Å². The third kappa shape index (κ3) is 4.10. The van der Waals surface area contributed by atoms with E-state index in [2.05, 4.69) is 0 Å². The van der Waals surface area contributed by atoms with Crippen molar-refractivity contribution in [2.45, 2.75) is 4.90 Å². The molecule has 1 aromatic rings. The molecule has 9 heteroatoms. The Morgan fingerprint density at radius 3 is 2.35 bits per heavy atom. The lowest BCUT2D eigenvalue weighted by Crippen LogP contribution is -2.28. The van der Waals surface area contributed by atoms with Crippen molar-refractivity contribution in [2.24, 2.45) is 11.0 Å². The van der Waals surface area contributed by atoms with E-state index < -0.39 is 17.6 Å². The van der Waals surface area contributed by atoms with Gasteiger partial charge in [-0.2, -0.15) is 0 Å². The first kappa shape index (κ1) is 14.1. The van der Waals surface area contributed by atoms with Gasteiger partial charge in [0.05, 0.1) is 4.90 Å². The molecule has 0 spiro atoms. The maximum absolute atomic E-state index is 11.8. The zero-order valence-electron chi connectivity index (χ0n) is 9.49. The Labute approximate surface area is 100 Å². The largest absolute Gasteiger partial charge is 0.378 e. The SMILES string of the molecule is CN(C)c1cccc(S(=O)(=O)NP(N)(N)=O)c1. The normalized spacial score (nSPS) is 12.5. The first-order chi connectivity index (χ1) is 7.62. The number of sulfonamides is 1. The molecule has 0 radical (unpaired) electrons. The van der Waals surface area contributed by atoms with E-state index in [1.807, 2.05) is 0 Å². The third-order valence-corrected chi connectivity index (χ3v) is 4.88. The first-order valence-electron chi connectivity index (χ1n) is 4.60. The summed E-state index contributed by atoms with van der Waals surface area (Å²) < 4.78 is 36.3. The number of nitrogens with one attached hydrogen (secondary N) is 1. The van der Waals surface area contributed by atoms with Gasteiger partial charge in [-0.3, -0.25) is 15.6 Å². The molecule has 1 aromatic carbocycles. The zero-order chi connectivity index (χ0) is 13.3. The monoisotopic (exact) mass is 278 g/mol. The average Bonchev–Trinajstić information content (AvgIpc) is 2.14. The van der Waals surface area contributed by atoms with Gasteiger partial charge >= 0.3 is 0 Å². The Kier molecular flexibility index (Phi) is 3.95. The summed E-state index contributed by atoms with van der Waals surface area (Å²) in [6.45, 7) is 0. The number of benzene rings is 1. The number of nitrogens with zero attached hydrogens (tertiary/aromatic N) is 1. The van der Waals surface area contributed by atoms with Crippen LogP contribution in [-0.2, 0) is 14.6 Å². The highest BCUT2D eigenvalue weighted by Gasteiger charge is 2.22. The van der Waals surface area contributed by atoms with Gasteiger partial charge in [0.1, 0.15) is 0 Å². The van der Waals surface area contributed by atoms with E-state index in [0.717, 1.165) is 0 Å². The van der Waals surface area contributed by atoms with E-state index in [1.165, 1.54) is 12.1 Å². The molecule has 5 N–H and O–H groups in total. The van der Waals surface area contributed by atoms with Crippen LogP contribution in [0.3, 0.4) is 0 Å². The fourth-order valence-electron chi connectivity index (χ4n) is 1.17. The second-order valence-corrected chi connectivity index (χ2v) is 7.32. The number of anilines is 1. The minimum absolute atomic E-state index is 0.0418. The molecule has 1 rings (SSSR count). The molecule has 0 aromatic heterocycles. The van der Waals surface area contributed by atoms with Crippen molar-refractivity contribution in [1.29, 1.82) is 0 Å². The van der Waals surface area contributed by atoms with Crippen LogP contribution in [0.5, 0.6) is 0 Å². The van der Waals surface area contributed by atoms with Gasteiger partial charge in [0.15, 0.2) is 0 Å². The smallest absolute Gasteiger partial charge is 0.287 e. The lowest BCUT2D eigenvalue weighted by molar-refractivity contribution is 0.567. The van der Waals surface area contributed by atoms with Crippen LogP contribution >= 0.6 is 7.59 Å². The number of nitrogens with two attached hydrogens (primary N) is 2. The Morgan fingerprint density at radius 1 is 1.29 bits per heavy atom. The lowest BCUT2D eigenvalue weighted by Gasteiger charge is -2.14. The van der Waals surface area contributed by atoms with Gasteiger partial charge in [-0.15, -0.1) is 4.49 Å². The van der Waals surface area contributed by atoms with Crippen LogP contribution in [-0.4, -0.2) is 22.5 Å². The zero-order valence-corrected chi connectivity index (χ0v) is 11.2. The fraction of sp³-hybridized carbons (Fsp3) is 0.250. The standard InChI is InChI=1S/C8H15N4O3PS/c1-12(2)7-4-3-5-8(6-7)17(14,15)11-16(9,10)13/h3-6H,1-2H3,(H5,9,10,11,13). The molecular weight excluding hydrogens is 263 g/mol. The molecular formula is C8H15N4O3PS. The Bertz CT molecular complexity index is 552. The van der Waals surface area contributed by atoms with Gasteiger partial charge in [-0.1, -0.05) is 6.07 Å². The Balaban J connectivity index is 3.16. The molecule has 0 aliphatic carbocycles. The minimum Gasteiger partial charge on any atom is -0.378 e. The van der Waals surface area contributed by atoms with Crippen molar-refractivity contribution in [3.05, 3.63) is 24.3 Å². The number of hydrogen-bond donors (Lipinski definition) is 3. The van der Waals surface area contributed by atoms with E-state index >= 15 is 0 Å². The molecule has 0 bridgehead atoms. The third-order valence-electron chi connectivity index (χ3n) is 1.91. The van der Waals surface area contributed by atoms with E-state index in [9.17, 15) is 13.0 Å². The van der Waals surface area contributed by atoms with Crippen molar-refractivity contribution in [3.8, 4) is 0 Å². The van der Waals surface area contributed by atoms with Crippen LogP contribution < -0.4 is 20.4 Å². The van der Waals surface area contributed by atoms with Crippen molar-refractivity contribution < 1.29 is 13.0 Å². The van der Waals surface area contributed by atoms with E-state index in [4.69, 9.17) is 11.0 Å². The predicted molar refractivity (Wildman–Crippen MR) is 67.1 cm³/mol. The number of hydrogen-bond acceptors (Lipinski definition) is 4. The molecule has 0 aliphatic heterocycles. The van der Waals surface area contributed by atoms with Crippen LogP contribution in [0.1, 0.15) is 0 Å². The summed E-state index contributed by atoms with van der Waals surface area (Å²) >= 11 is 0. The molecule has 0 saturated heterocycles. The highest BCUT2D eigenvalue weighted by Crippen LogP contribution is 2.25. The predicted octanol–water partition coefficient (Wildman–Crippen LogP) is 0.0564. The summed E-state index contributed by atoms with van der Waals surface area (Å²) in [6, 6.07) is 6.11. The molecule has 0 amide bonds. The molecule has 0 atom stereocenters. The summed E-state index contributed by atoms with van der Waals surface area (Å²) in [4.78, 5) is 1.70. The molecule has 7 nitrogen and oxygen atoms in total. The van der Waals surface area contributed by atoms with E-state index in [1.54, 1.807) is 35.6 Å². The van der Waals surface area contributed by atoms with Gasteiger partial charge in [0.2, 0.25) is 10.0 Å². The Hall–Kier alpha value is -0.920. The molecule has 0 saturated carbocycles.